The van der Waals surface area contributed by atoms with E-state index < -0.39 is 6.10 Å². The standard InChI is InChI=1S/C11H12O4/c1-13-6-9-10(12)7-4-3-5-8(14-2)11(7)15-9/h3-5,9H,6H2,1-2H3. The number of methoxy groups -OCH3 is 2. The second kappa shape index (κ2) is 3.90. The normalized spacial score (nSPS) is 18.5. The summed E-state index contributed by atoms with van der Waals surface area (Å²) in [6.45, 7) is 0.261. The lowest BCUT2D eigenvalue weighted by Gasteiger charge is -2.08. The molecule has 1 aliphatic rings. The number of benzene rings is 1. The molecule has 4 heteroatoms. The molecule has 4 nitrogen and oxygen atoms in total. The van der Waals surface area contributed by atoms with Crippen molar-refractivity contribution in [3.63, 3.8) is 0 Å². The number of ketones is 1. The number of Topliss-reactive ketones (excluding diaryl/α,β-unsaturated/α-hetero) is 1. The minimum Gasteiger partial charge on any atom is -0.493 e. The fourth-order valence-electron chi connectivity index (χ4n) is 1.62. The molecular weight excluding hydrogens is 196 g/mol. The van der Waals surface area contributed by atoms with Crippen molar-refractivity contribution in [2.45, 2.75) is 6.10 Å². The van der Waals surface area contributed by atoms with Crippen molar-refractivity contribution in [3.05, 3.63) is 23.8 Å². The van der Waals surface area contributed by atoms with Crippen LogP contribution in [0.15, 0.2) is 18.2 Å². The van der Waals surface area contributed by atoms with E-state index in [0.29, 0.717) is 17.1 Å². The molecule has 0 saturated heterocycles. The van der Waals surface area contributed by atoms with Gasteiger partial charge in [0.25, 0.3) is 0 Å². The van der Waals surface area contributed by atoms with Crippen LogP contribution in [0.1, 0.15) is 10.4 Å². The highest BCUT2D eigenvalue weighted by Gasteiger charge is 2.34. The van der Waals surface area contributed by atoms with E-state index in [1.54, 1.807) is 25.3 Å². The Balaban J connectivity index is 2.35. The van der Waals surface area contributed by atoms with Gasteiger partial charge in [0.1, 0.15) is 0 Å². The zero-order valence-corrected chi connectivity index (χ0v) is 8.65. The summed E-state index contributed by atoms with van der Waals surface area (Å²) in [6, 6.07) is 5.27. The molecular formula is C11H12O4. The maximum atomic E-state index is 11.8. The second-order valence-electron chi connectivity index (χ2n) is 3.26. The first-order valence-electron chi connectivity index (χ1n) is 4.64. The number of hydrogen-bond acceptors (Lipinski definition) is 4. The van der Waals surface area contributed by atoms with E-state index in [1.807, 2.05) is 0 Å². The fraction of sp³-hybridized carbons (Fsp3) is 0.364. The van der Waals surface area contributed by atoms with Crippen molar-refractivity contribution >= 4 is 5.78 Å². The topological polar surface area (TPSA) is 44.8 Å². The molecule has 0 saturated carbocycles. The molecule has 0 spiro atoms. The Morgan fingerprint density at radius 2 is 2.20 bits per heavy atom. The molecule has 1 aliphatic heterocycles. The molecule has 80 valence electrons. The number of para-hydroxylation sites is 1. The molecule has 1 aromatic rings. The summed E-state index contributed by atoms with van der Waals surface area (Å²) in [5.41, 5.74) is 0.566. The molecule has 2 rings (SSSR count). The number of rotatable bonds is 3. The van der Waals surface area contributed by atoms with Crippen LogP contribution in [-0.2, 0) is 4.74 Å². The predicted octanol–water partition coefficient (Wildman–Crippen LogP) is 1.29. The number of ether oxygens (including phenoxy) is 3. The first-order chi connectivity index (χ1) is 7.27. The van der Waals surface area contributed by atoms with Crippen LogP contribution >= 0.6 is 0 Å². The Morgan fingerprint density at radius 3 is 2.87 bits per heavy atom. The molecule has 1 heterocycles. The molecule has 15 heavy (non-hydrogen) atoms. The molecule has 0 bridgehead atoms. The largest absolute Gasteiger partial charge is 0.493 e. The summed E-state index contributed by atoms with van der Waals surface area (Å²) in [5.74, 6) is 1.05. The monoisotopic (exact) mass is 208 g/mol. The molecule has 1 unspecified atom stereocenters. The third-order valence-corrected chi connectivity index (χ3v) is 2.33. The van der Waals surface area contributed by atoms with Crippen molar-refractivity contribution in [2.24, 2.45) is 0 Å². The highest BCUT2D eigenvalue weighted by molar-refractivity contribution is 6.05. The van der Waals surface area contributed by atoms with Gasteiger partial charge < -0.3 is 14.2 Å². The molecule has 0 N–H and O–H groups in total. The summed E-state index contributed by atoms with van der Waals surface area (Å²) >= 11 is 0. The van der Waals surface area contributed by atoms with Crippen LogP contribution < -0.4 is 9.47 Å². The van der Waals surface area contributed by atoms with E-state index in [-0.39, 0.29) is 12.4 Å². The smallest absolute Gasteiger partial charge is 0.209 e. The van der Waals surface area contributed by atoms with Crippen LogP contribution in [0.5, 0.6) is 11.5 Å². The highest BCUT2D eigenvalue weighted by atomic mass is 16.6. The summed E-state index contributed by atoms with van der Waals surface area (Å²) in [7, 11) is 3.09. The Bertz CT molecular complexity index is 386. The van der Waals surface area contributed by atoms with Crippen molar-refractivity contribution in [1.29, 1.82) is 0 Å². The van der Waals surface area contributed by atoms with Gasteiger partial charge in [0.2, 0.25) is 5.78 Å². The van der Waals surface area contributed by atoms with Crippen LogP contribution in [0.25, 0.3) is 0 Å². The Labute approximate surface area is 87.8 Å². The van der Waals surface area contributed by atoms with Gasteiger partial charge in [-0.2, -0.15) is 0 Å². The van der Waals surface area contributed by atoms with Gasteiger partial charge in [-0.05, 0) is 12.1 Å². The molecule has 1 atom stereocenters. The highest BCUT2D eigenvalue weighted by Crippen LogP contribution is 2.37. The predicted molar refractivity (Wildman–Crippen MR) is 53.6 cm³/mol. The minimum absolute atomic E-state index is 0.0502. The van der Waals surface area contributed by atoms with Crippen LogP contribution in [0.3, 0.4) is 0 Å². The summed E-state index contributed by atoms with van der Waals surface area (Å²) in [6.07, 6.45) is -0.540. The third-order valence-electron chi connectivity index (χ3n) is 2.33. The lowest BCUT2D eigenvalue weighted by Crippen LogP contribution is -2.25. The number of fused-ring (bicyclic) bond motifs is 1. The van der Waals surface area contributed by atoms with Crippen LogP contribution in [0.4, 0.5) is 0 Å². The molecule has 0 amide bonds. The average molecular weight is 208 g/mol. The first-order valence-corrected chi connectivity index (χ1v) is 4.64. The molecule has 0 aliphatic carbocycles. The van der Waals surface area contributed by atoms with Crippen LogP contribution in [0.2, 0.25) is 0 Å². The van der Waals surface area contributed by atoms with E-state index in [9.17, 15) is 4.79 Å². The maximum absolute atomic E-state index is 11.8. The summed E-state index contributed by atoms with van der Waals surface area (Å²) in [5, 5.41) is 0. The van der Waals surface area contributed by atoms with E-state index in [0.717, 1.165) is 0 Å². The fourth-order valence-corrected chi connectivity index (χ4v) is 1.62. The number of carbonyl (C=O) groups is 1. The SMILES string of the molecule is COCC1Oc2c(OC)cccc2C1=O. The van der Waals surface area contributed by atoms with E-state index >= 15 is 0 Å². The second-order valence-corrected chi connectivity index (χ2v) is 3.26. The van der Waals surface area contributed by atoms with E-state index in [4.69, 9.17) is 14.2 Å². The lowest BCUT2D eigenvalue weighted by atomic mass is 10.1. The van der Waals surface area contributed by atoms with Gasteiger partial charge in [0, 0.05) is 7.11 Å². The van der Waals surface area contributed by atoms with Gasteiger partial charge in [0.05, 0.1) is 19.3 Å². The zero-order valence-electron chi connectivity index (χ0n) is 8.65. The minimum atomic E-state index is -0.540. The van der Waals surface area contributed by atoms with E-state index in [1.165, 1.54) is 7.11 Å². The quantitative estimate of drug-likeness (QED) is 0.750. The van der Waals surface area contributed by atoms with Gasteiger partial charge in [-0.15, -0.1) is 0 Å². The molecule has 0 aromatic heterocycles. The Kier molecular flexibility index (Phi) is 2.60. The van der Waals surface area contributed by atoms with Gasteiger partial charge in [0.15, 0.2) is 17.6 Å². The number of carbonyl (C=O) groups excluding carboxylic acids is 1. The first kappa shape index (κ1) is 9.98. The molecule has 1 aromatic carbocycles. The average Bonchev–Trinajstić information content (AvgIpc) is 2.57. The third kappa shape index (κ3) is 1.57. The van der Waals surface area contributed by atoms with Crippen LogP contribution in [-0.4, -0.2) is 32.7 Å². The van der Waals surface area contributed by atoms with Crippen LogP contribution in [0, 0.1) is 0 Å². The van der Waals surface area contributed by atoms with E-state index in [2.05, 4.69) is 0 Å². The zero-order chi connectivity index (χ0) is 10.8. The van der Waals surface area contributed by atoms with Gasteiger partial charge in [-0.3, -0.25) is 4.79 Å². The Morgan fingerprint density at radius 1 is 1.40 bits per heavy atom. The van der Waals surface area contributed by atoms with Crippen molar-refractivity contribution in [2.75, 3.05) is 20.8 Å². The number of hydrogen-bond donors (Lipinski definition) is 0. The lowest BCUT2D eigenvalue weighted by molar-refractivity contribution is 0.0640. The summed E-state index contributed by atoms with van der Waals surface area (Å²) in [4.78, 5) is 11.8. The van der Waals surface area contributed by atoms with Crippen molar-refractivity contribution in [1.82, 2.24) is 0 Å². The summed E-state index contributed by atoms with van der Waals surface area (Å²) < 4.78 is 15.5. The molecule has 0 fully saturated rings. The van der Waals surface area contributed by atoms with Gasteiger partial charge in [-0.1, -0.05) is 6.07 Å². The van der Waals surface area contributed by atoms with Crippen molar-refractivity contribution in [3.8, 4) is 11.5 Å². The van der Waals surface area contributed by atoms with Crippen molar-refractivity contribution < 1.29 is 19.0 Å². The van der Waals surface area contributed by atoms with Gasteiger partial charge in [-0.25, -0.2) is 0 Å². The van der Waals surface area contributed by atoms with Gasteiger partial charge >= 0.3 is 0 Å². The maximum Gasteiger partial charge on any atom is 0.209 e. The Hall–Kier alpha value is -1.55. The molecule has 0 radical (unpaired) electrons.